The molecule has 23 heavy (non-hydrogen) atoms. The van der Waals surface area contributed by atoms with Crippen molar-refractivity contribution < 1.29 is 19.5 Å². The molecule has 0 bridgehead atoms. The largest absolute Gasteiger partial charge is 0.547 e. The molecule has 0 spiro atoms. The molecule has 2 aromatic rings. The molecule has 3 rings (SSSR count). The number of rotatable bonds is 4. The zero-order valence-corrected chi connectivity index (χ0v) is 12.5. The summed E-state index contributed by atoms with van der Waals surface area (Å²) in [6.45, 7) is 1.62. The number of fused-ring (bicyclic) bond motifs is 1. The van der Waals surface area contributed by atoms with E-state index in [2.05, 4.69) is 0 Å². The molecule has 5 nitrogen and oxygen atoms in total. The number of imide groups is 1. The minimum Gasteiger partial charge on any atom is -0.547 e. The highest BCUT2D eigenvalue weighted by Crippen LogP contribution is 2.38. The first-order valence-electron chi connectivity index (χ1n) is 7.29. The van der Waals surface area contributed by atoms with Gasteiger partial charge in [0, 0.05) is 0 Å². The van der Waals surface area contributed by atoms with E-state index in [1.165, 1.54) is 12.1 Å². The third kappa shape index (κ3) is 1.97. The fourth-order valence-corrected chi connectivity index (χ4v) is 3.09. The maximum atomic E-state index is 12.7. The third-order valence-corrected chi connectivity index (χ3v) is 4.28. The smallest absolute Gasteiger partial charge is 0.262 e. The van der Waals surface area contributed by atoms with E-state index in [4.69, 9.17) is 0 Å². The van der Waals surface area contributed by atoms with Gasteiger partial charge in [-0.15, -0.1) is 0 Å². The molecule has 0 saturated heterocycles. The molecule has 5 heteroatoms. The Morgan fingerprint density at radius 2 is 1.43 bits per heavy atom. The molecular formula is C18H14NO4-. The molecule has 0 aromatic heterocycles. The van der Waals surface area contributed by atoms with Crippen molar-refractivity contribution in [3.8, 4) is 0 Å². The molecule has 0 aliphatic carbocycles. The molecule has 0 N–H and O–H groups in total. The quantitative estimate of drug-likeness (QED) is 0.799. The summed E-state index contributed by atoms with van der Waals surface area (Å²) in [4.78, 5) is 38.3. The summed E-state index contributed by atoms with van der Waals surface area (Å²) >= 11 is 0. The molecule has 2 aromatic carbocycles. The monoisotopic (exact) mass is 308 g/mol. The standard InChI is InChI=1S/C18H15NO4/c1-2-18(17(22)23,12-8-4-3-5-9-12)19-15(20)13-10-6-7-11-14(13)16(19)21/h3-11H,2H2,1H3,(H,22,23)/p-1. The Kier molecular flexibility index (Phi) is 3.48. The van der Waals surface area contributed by atoms with Crippen LogP contribution in [0.5, 0.6) is 0 Å². The summed E-state index contributed by atoms with van der Waals surface area (Å²) in [6, 6.07) is 14.6. The number of hydrogen-bond donors (Lipinski definition) is 0. The number of hydrogen-bond acceptors (Lipinski definition) is 4. The van der Waals surface area contributed by atoms with Gasteiger partial charge in [-0.1, -0.05) is 49.4 Å². The molecule has 0 radical (unpaired) electrons. The van der Waals surface area contributed by atoms with E-state index >= 15 is 0 Å². The number of carboxylic acid groups (broad SMARTS) is 1. The van der Waals surface area contributed by atoms with Crippen molar-refractivity contribution in [2.45, 2.75) is 18.9 Å². The highest BCUT2D eigenvalue weighted by atomic mass is 16.4. The Hall–Kier alpha value is -2.95. The van der Waals surface area contributed by atoms with Gasteiger partial charge in [-0.2, -0.15) is 0 Å². The first-order chi connectivity index (χ1) is 11.0. The fourth-order valence-electron chi connectivity index (χ4n) is 3.09. The van der Waals surface area contributed by atoms with Gasteiger partial charge in [-0.05, 0) is 24.1 Å². The predicted octanol–water partition coefficient (Wildman–Crippen LogP) is 1.34. The normalized spacial score (nSPS) is 16.1. The van der Waals surface area contributed by atoms with E-state index in [0.717, 1.165) is 4.90 Å². The van der Waals surface area contributed by atoms with Gasteiger partial charge in [0.25, 0.3) is 11.8 Å². The van der Waals surface area contributed by atoms with Crippen molar-refractivity contribution >= 4 is 17.8 Å². The predicted molar refractivity (Wildman–Crippen MR) is 80.4 cm³/mol. The van der Waals surface area contributed by atoms with Crippen LogP contribution in [0.3, 0.4) is 0 Å². The van der Waals surface area contributed by atoms with Gasteiger partial charge >= 0.3 is 0 Å². The van der Waals surface area contributed by atoms with E-state index in [0.29, 0.717) is 5.56 Å². The summed E-state index contributed by atoms with van der Waals surface area (Å²) in [6.07, 6.45) is 0.0187. The maximum absolute atomic E-state index is 12.7. The van der Waals surface area contributed by atoms with Crippen LogP contribution in [0.1, 0.15) is 39.6 Å². The van der Waals surface area contributed by atoms with Gasteiger partial charge in [0.2, 0.25) is 0 Å². The zero-order valence-electron chi connectivity index (χ0n) is 12.5. The second-order valence-corrected chi connectivity index (χ2v) is 5.36. The topological polar surface area (TPSA) is 77.5 Å². The van der Waals surface area contributed by atoms with Crippen molar-refractivity contribution in [3.05, 3.63) is 71.3 Å². The van der Waals surface area contributed by atoms with Gasteiger partial charge in [0.1, 0.15) is 5.54 Å². The van der Waals surface area contributed by atoms with Crippen LogP contribution in [0.25, 0.3) is 0 Å². The van der Waals surface area contributed by atoms with Crippen molar-refractivity contribution in [2.75, 3.05) is 0 Å². The van der Waals surface area contributed by atoms with Crippen molar-refractivity contribution in [3.63, 3.8) is 0 Å². The summed E-state index contributed by atoms with van der Waals surface area (Å²) in [5.41, 5.74) is -1.05. The van der Waals surface area contributed by atoms with Crippen molar-refractivity contribution in [1.82, 2.24) is 4.90 Å². The van der Waals surface area contributed by atoms with E-state index in [1.54, 1.807) is 49.4 Å². The lowest BCUT2D eigenvalue weighted by molar-refractivity contribution is -0.318. The third-order valence-electron chi connectivity index (χ3n) is 4.28. The minimum absolute atomic E-state index is 0.0187. The zero-order chi connectivity index (χ0) is 16.6. The van der Waals surface area contributed by atoms with Gasteiger partial charge < -0.3 is 9.90 Å². The van der Waals surface area contributed by atoms with Gasteiger partial charge in [0.05, 0.1) is 17.1 Å². The number of nitrogens with zero attached hydrogens (tertiary/aromatic N) is 1. The molecule has 1 aliphatic rings. The number of benzene rings is 2. The lowest BCUT2D eigenvalue weighted by Crippen LogP contribution is -2.59. The molecule has 0 saturated carbocycles. The van der Waals surface area contributed by atoms with E-state index in [-0.39, 0.29) is 17.5 Å². The summed E-state index contributed by atoms with van der Waals surface area (Å²) in [7, 11) is 0. The second kappa shape index (κ2) is 5.35. The van der Waals surface area contributed by atoms with Crippen LogP contribution in [-0.4, -0.2) is 22.7 Å². The van der Waals surface area contributed by atoms with Crippen LogP contribution >= 0.6 is 0 Å². The summed E-state index contributed by atoms with van der Waals surface area (Å²) in [5, 5.41) is 12.0. The molecule has 2 amide bonds. The van der Waals surface area contributed by atoms with Crippen molar-refractivity contribution in [1.29, 1.82) is 0 Å². The summed E-state index contributed by atoms with van der Waals surface area (Å²) < 4.78 is 0. The van der Waals surface area contributed by atoms with Gasteiger partial charge in [0.15, 0.2) is 0 Å². The first-order valence-corrected chi connectivity index (χ1v) is 7.29. The second-order valence-electron chi connectivity index (χ2n) is 5.36. The Morgan fingerprint density at radius 3 is 1.87 bits per heavy atom. The van der Waals surface area contributed by atoms with Crippen LogP contribution in [0.4, 0.5) is 0 Å². The molecule has 1 atom stereocenters. The number of carbonyl (C=O) groups excluding carboxylic acids is 3. The van der Waals surface area contributed by atoms with E-state index in [1.807, 2.05) is 0 Å². The van der Waals surface area contributed by atoms with Crippen LogP contribution in [0, 0.1) is 0 Å². The maximum Gasteiger partial charge on any atom is 0.262 e. The van der Waals surface area contributed by atoms with Crippen LogP contribution in [0.2, 0.25) is 0 Å². The molecule has 116 valence electrons. The molecule has 1 unspecified atom stereocenters. The Bertz CT molecular complexity index is 765. The highest BCUT2D eigenvalue weighted by Gasteiger charge is 2.50. The molecular weight excluding hydrogens is 294 g/mol. The lowest BCUT2D eigenvalue weighted by atomic mass is 9.85. The summed E-state index contributed by atoms with van der Waals surface area (Å²) in [5.74, 6) is -2.69. The average Bonchev–Trinajstić information content (AvgIpc) is 2.83. The highest BCUT2D eigenvalue weighted by molar-refractivity contribution is 6.23. The molecule has 1 heterocycles. The molecule has 0 fully saturated rings. The number of carboxylic acids is 1. The van der Waals surface area contributed by atoms with E-state index < -0.39 is 23.3 Å². The Balaban J connectivity index is 2.23. The SMILES string of the molecule is CCC(C(=O)[O-])(c1ccccc1)N1C(=O)c2ccccc2C1=O. The lowest BCUT2D eigenvalue weighted by Gasteiger charge is -2.41. The van der Waals surface area contributed by atoms with Crippen molar-refractivity contribution in [2.24, 2.45) is 0 Å². The Morgan fingerprint density at radius 1 is 0.957 bits per heavy atom. The minimum atomic E-state index is -1.82. The average molecular weight is 308 g/mol. The molecule has 1 aliphatic heterocycles. The Labute approximate surface area is 133 Å². The fraction of sp³-hybridized carbons (Fsp3) is 0.167. The first kappa shape index (κ1) is 15.0. The van der Waals surface area contributed by atoms with Crippen LogP contribution in [0.15, 0.2) is 54.6 Å². The number of amides is 2. The van der Waals surface area contributed by atoms with Crippen LogP contribution in [-0.2, 0) is 10.3 Å². The van der Waals surface area contributed by atoms with Crippen LogP contribution < -0.4 is 5.11 Å². The van der Waals surface area contributed by atoms with E-state index in [9.17, 15) is 19.5 Å². The van der Waals surface area contributed by atoms with Gasteiger partial charge in [-0.3, -0.25) is 14.5 Å². The van der Waals surface area contributed by atoms with Gasteiger partial charge in [-0.25, -0.2) is 0 Å². The number of carbonyl (C=O) groups is 3. The number of aliphatic carboxylic acids is 1.